The predicted octanol–water partition coefficient (Wildman–Crippen LogP) is 5.65. The van der Waals surface area contributed by atoms with Crippen molar-refractivity contribution in [2.45, 2.75) is 61.6 Å². The lowest BCUT2D eigenvalue weighted by molar-refractivity contribution is 0.231. The van der Waals surface area contributed by atoms with Crippen molar-refractivity contribution in [2.75, 3.05) is 36.4 Å². The summed E-state index contributed by atoms with van der Waals surface area (Å²) < 4.78 is 33.9. The third-order valence-corrected chi connectivity index (χ3v) is 11.7. The molecule has 2 aliphatic heterocycles. The molecular formula is C36H37N7O4S. The summed E-state index contributed by atoms with van der Waals surface area (Å²) in [6.07, 6.45) is 8.34. The first-order chi connectivity index (χ1) is 23.3. The number of nitrogens with one attached hydrogen (secondary N) is 1. The zero-order valence-corrected chi connectivity index (χ0v) is 27.6. The molecule has 246 valence electrons. The van der Waals surface area contributed by atoms with E-state index >= 15 is 0 Å². The number of fused-ring (bicyclic) bond motifs is 2. The van der Waals surface area contributed by atoms with E-state index in [-0.39, 0.29) is 27.7 Å². The van der Waals surface area contributed by atoms with E-state index in [1.807, 2.05) is 18.2 Å². The van der Waals surface area contributed by atoms with E-state index in [9.17, 15) is 13.2 Å². The molecule has 1 atom stereocenters. The Bertz CT molecular complexity index is 2190. The highest BCUT2D eigenvalue weighted by molar-refractivity contribution is 7.91. The molecule has 1 aliphatic carbocycles. The van der Waals surface area contributed by atoms with Crippen molar-refractivity contribution in [1.29, 1.82) is 0 Å². The van der Waals surface area contributed by atoms with E-state index in [1.54, 1.807) is 24.4 Å². The molecular weight excluding hydrogens is 627 g/mol. The highest BCUT2D eigenvalue weighted by Crippen LogP contribution is 2.34. The van der Waals surface area contributed by atoms with Crippen LogP contribution in [0.15, 0.2) is 97.9 Å². The monoisotopic (exact) mass is 663 g/mol. The number of hydrogen-bond acceptors (Lipinski definition) is 10. The first kappa shape index (κ1) is 30.5. The van der Waals surface area contributed by atoms with Gasteiger partial charge in [-0.1, -0.05) is 28.9 Å². The van der Waals surface area contributed by atoms with Crippen LogP contribution in [0.5, 0.6) is 0 Å². The zero-order valence-electron chi connectivity index (χ0n) is 26.8. The molecule has 1 unspecified atom stereocenters. The Morgan fingerprint density at radius 1 is 0.979 bits per heavy atom. The van der Waals surface area contributed by atoms with Gasteiger partial charge in [-0.2, -0.15) is 4.98 Å². The number of hydrogen-bond donors (Lipinski definition) is 1. The van der Waals surface area contributed by atoms with Crippen molar-refractivity contribution in [3.63, 3.8) is 0 Å². The molecule has 5 heterocycles. The van der Waals surface area contributed by atoms with E-state index in [0.717, 1.165) is 50.2 Å². The summed E-state index contributed by atoms with van der Waals surface area (Å²) in [6.45, 7) is 6.35. The van der Waals surface area contributed by atoms with Crippen LogP contribution >= 0.6 is 0 Å². The first-order valence-electron chi connectivity index (χ1n) is 16.5. The standard InChI is InChI=1S/C36H37N7O4S/c1-24-7-5-11-31(24)32-19-25-20-37-36(39-27-12-14-28(15-13-27)42-18-17-41-16-6-8-29(41)23-42)40-33(25)43(34(32)44)22-26-21-38-47-35(26)48(45,46)30-9-3-2-4-10-30/h2-4,9-10,12-15,19-21,29H,5-8,11,16-18,22-23H2,1H3,(H,37,39,40). The van der Waals surface area contributed by atoms with Crippen molar-refractivity contribution in [2.24, 2.45) is 0 Å². The number of anilines is 3. The van der Waals surface area contributed by atoms with Crippen LogP contribution in [-0.2, 0) is 16.4 Å². The molecule has 8 rings (SSSR count). The minimum Gasteiger partial charge on any atom is -0.369 e. The molecule has 3 aliphatic rings. The molecule has 0 amide bonds. The summed E-state index contributed by atoms with van der Waals surface area (Å²) in [7, 11) is -4.02. The van der Waals surface area contributed by atoms with Crippen LogP contribution in [0, 0.1) is 0 Å². The lowest BCUT2D eigenvalue weighted by Crippen LogP contribution is -2.50. The van der Waals surface area contributed by atoms with E-state index in [4.69, 9.17) is 9.51 Å². The summed E-state index contributed by atoms with van der Waals surface area (Å²) in [5.74, 6) is 0.328. The highest BCUT2D eigenvalue weighted by atomic mass is 32.2. The maximum Gasteiger partial charge on any atom is 0.260 e. The average Bonchev–Trinajstić information content (AvgIpc) is 3.88. The van der Waals surface area contributed by atoms with Gasteiger partial charge in [0, 0.05) is 54.2 Å². The molecule has 0 bridgehead atoms. The topological polar surface area (TPSA) is 126 Å². The molecule has 0 radical (unpaired) electrons. The van der Waals surface area contributed by atoms with Crippen LogP contribution in [-0.4, -0.2) is 65.2 Å². The molecule has 0 saturated carbocycles. The second-order valence-electron chi connectivity index (χ2n) is 12.9. The number of aromatic nitrogens is 4. The molecule has 3 aromatic heterocycles. The Kier molecular flexibility index (Phi) is 7.84. The third kappa shape index (κ3) is 5.58. The Morgan fingerprint density at radius 2 is 1.81 bits per heavy atom. The van der Waals surface area contributed by atoms with E-state index in [0.29, 0.717) is 28.6 Å². The number of piperazine rings is 1. The van der Waals surface area contributed by atoms with Crippen LogP contribution in [0.25, 0.3) is 16.6 Å². The number of allylic oxidation sites excluding steroid dienone is 2. The predicted molar refractivity (Wildman–Crippen MR) is 184 cm³/mol. The van der Waals surface area contributed by atoms with Gasteiger partial charge in [0.2, 0.25) is 15.8 Å². The van der Waals surface area contributed by atoms with E-state index < -0.39 is 9.84 Å². The van der Waals surface area contributed by atoms with Gasteiger partial charge in [0.25, 0.3) is 10.7 Å². The number of pyridine rings is 1. The number of sulfone groups is 1. The lowest BCUT2D eigenvalue weighted by Gasteiger charge is -2.38. The Hall–Kier alpha value is -4.81. The van der Waals surface area contributed by atoms with Gasteiger partial charge in [-0.05, 0) is 93.6 Å². The van der Waals surface area contributed by atoms with Gasteiger partial charge in [0.05, 0.1) is 23.2 Å². The van der Waals surface area contributed by atoms with E-state index in [2.05, 4.69) is 44.3 Å². The third-order valence-electron chi connectivity index (χ3n) is 9.95. The maximum atomic E-state index is 14.2. The Balaban J connectivity index is 1.14. The van der Waals surface area contributed by atoms with Crippen LogP contribution < -0.4 is 15.8 Å². The van der Waals surface area contributed by atoms with Crippen molar-refractivity contribution in [1.82, 2.24) is 24.6 Å². The van der Waals surface area contributed by atoms with Crippen LogP contribution in [0.4, 0.5) is 17.3 Å². The van der Waals surface area contributed by atoms with Crippen LogP contribution in [0.1, 0.15) is 50.2 Å². The molecule has 0 spiro atoms. The maximum absolute atomic E-state index is 14.2. The largest absolute Gasteiger partial charge is 0.369 e. The molecule has 11 nitrogen and oxygen atoms in total. The zero-order chi connectivity index (χ0) is 32.8. The average molecular weight is 664 g/mol. The van der Waals surface area contributed by atoms with Crippen molar-refractivity contribution in [3.05, 3.63) is 100 Å². The van der Waals surface area contributed by atoms with Crippen molar-refractivity contribution in [3.8, 4) is 0 Å². The molecule has 2 saturated heterocycles. The van der Waals surface area contributed by atoms with Gasteiger partial charge >= 0.3 is 0 Å². The van der Waals surface area contributed by atoms with Gasteiger partial charge in [0.15, 0.2) is 0 Å². The lowest BCUT2D eigenvalue weighted by atomic mass is 10.0. The molecule has 2 fully saturated rings. The molecule has 1 N–H and O–H groups in total. The fourth-order valence-corrected chi connectivity index (χ4v) is 8.74. The number of nitrogens with zero attached hydrogens (tertiary/aromatic N) is 6. The smallest absolute Gasteiger partial charge is 0.260 e. The van der Waals surface area contributed by atoms with Gasteiger partial charge in [-0.25, -0.2) is 13.4 Å². The molecule has 5 aromatic rings. The van der Waals surface area contributed by atoms with Gasteiger partial charge < -0.3 is 14.7 Å². The first-order valence-corrected chi connectivity index (χ1v) is 18.0. The molecule has 12 heteroatoms. The Morgan fingerprint density at radius 3 is 2.60 bits per heavy atom. The number of rotatable bonds is 8. The van der Waals surface area contributed by atoms with Gasteiger partial charge in [-0.15, -0.1) is 0 Å². The fraction of sp³-hybridized carbons (Fsp3) is 0.333. The quantitative estimate of drug-likeness (QED) is 0.223. The Labute approximate surface area is 278 Å². The SMILES string of the molecule is CC1=C(c2cc3cnc(Nc4ccc(N5CCN6CCCC6C5)cc4)nc3n(Cc3cnoc3S(=O)(=O)c3ccccc3)c2=O)CCC1. The normalized spacial score (nSPS) is 18.5. The fourth-order valence-electron chi connectivity index (χ4n) is 7.40. The molecule has 2 aromatic carbocycles. The number of benzene rings is 2. The van der Waals surface area contributed by atoms with Gasteiger partial charge in [0.1, 0.15) is 5.65 Å². The second kappa shape index (κ2) is 12.3. The summed E-state index contributed by atoms with van der Waals surface area (Å²) in [5.41, 5.74) is 5.20. The summed E-state index contributed by atoms with van der Waals surface area (Å²) >= 11 is 0. The summed E-state index contributed by atoms with van der Waals surface area (Å²) in [6, 6.07) is 18.8. The minimum absolute atomic E-state index is 0.0846. The highest BCUT2D eigenvalue weighted by Gasteiger charge is 2.31. The van der Waals surface area contributed by atoms with Crippen molar-refractivity contribution >= 4 is 43.8 Å². The second-order valence-corrected chi connectivity index (χ2v) is 14.8. The van der Waals surface area contributed by atoms with E-state index in [1.165, 1.54) is 53.5 Å². The summed E-state index contributed by atoms with van der Waals surface area (Å²) in [5, 5.41) is 7.51. The van der Waals surface area contributed by atoms with Crippen LogP contribution in [0.2, 0.25) is 0 Å². The van der Waals surface area contributed by atoms with Gasteiger partial charge in [-0.3, -0.25) is 14.3 Å². The van der Waals surface area contributed by atoms with Crippen LogP contribution in [0.3, 0.4) is 0 Å². The van der Waals surface area contributed by atoms with Crippen molar-refractivity contribution < 1.29 is 12.9 Å². The molecule has 48 heavy (non-hydrogen) atoms. The minimum atomic E-state index is -4.02. The summed E-state index contributed by atoms with van der Waals surface area (Å²) in [4.78, 5) is 28.8.